The van der Waals surface area contributed by atoms with Crippen LogP contribution in [0.4, 0.5) is 5.69 Å². The lowest BCUT2D eigenvalue weighted by molar-refractivity contribution is -0.140. The van der Waals surface area contributed by atoms with Gasteiger partial charge in [0.2, 0.25) is 5.91 Å². The molecule has 0 spiro atoms. The molecular formula is C15H18N4O3. The van der Waals surface area contributed by atoms with Crippen LogP contribution in [0.5, 0.6) is 0 Å². The molecule has 116 valence electrons. The summed E-state index contributed by atoms with van der Waals surface area (Å²) in [6, 6.07) is 7.57. The van der Waals surface area contributed by atoms with Crippen molar-refractivity contribution < 1.29 is 14.3 Å². The second kappa shape index (κ2) is 7.47. The number of aryl methyl sites for hydroxylation is 1. The van der Waals surface area contributed by atoms with Crippen molar-refractivity contribution in [3.8, 4) is 0 Å². The summed E-state index contributed by atoms with van der Waals surface area (Å²) in [5.74, 6) is -0.123. The first-order valence-electron chi connectivity index (χ1n) is 7.11. The molecule has 0 bridgehead atoms. The SMILES string of the molecule is COC(=O)CCc1ccc(N2CC(CN=[N+]=[N-])CC2=O)cc1. The normalized spacial score (nSPS) is 17.2. The number of carbonyl (C=O) groups is 2. The number of ether oxygens (including phenoxy) is 1. The van der Waals surface area contributed by atoms with E-state index in [4.69, 9.17) is 5.53 Å². The lowest BCUT2D eigenvalue weighted by Crippen LogP contribution is -2.24. The molecule has 0 radical (unpaired) electrons. The Hall–Kier alpha value is -2.53. The maximum Gasteiger partial charge on any atom is 0.305 e. The van der Waals surface area contributed by atoms with Gasteiger partial charge in [0, 0.05) is 36.5 Å². The molecule has 1 aliphatic rings. The summed E-state index contributed by atoms with van der Waals surface area (Å²) in [4.78, 5) is 27.6. The van der Waals surface area contributed by atoms with Gasteiger partial charge in [-0.1, -0.05) is 17.2 Å². The number of benzene rings is 1. The van der Waals surface area contributed by atoms with Gasteiger partial charge in [0.15, 0.2) is 0 Å². The number of anilines is 1. The maximum absolute atomic E-state index is 12.0. The smallest absolute Gasteiger partial charge is 0.305 e. The van der Waals surface area contributed by atoms with Crippen molar-refractivity contribution in [2.24, 2.45) is 11.0 Å². The summed E-state index contributed by atoms with van der Waals surface area (Å²) in [6.45, 7) is 0.912. The van der Waals surface area contributed by atoms with E-state index in [-0.39, 0.29) is 17.8 Å². The van der Waals surface area contributed by atoms with Crippen molar-refractivity contribution in [1.29, 1.82) is 0 Å². The first-order chi connectivity index (χ1) is 10.6. The van der Waals surface area contributed by atoms with Gasteiger partial charge in [0.25, 0.3) is 0 Å². The van der Waals surface area contributed by atoms with Gasteiger partial charge in [0.05, 0.1) is 7.11 Å². The van der Waals surface area contributed by atoms with Crippen molar-refractivity contribution in [2.75, 3.05) is 25.1 Å². The highest BCUT2D eigenvalue weighted by molar-refractivity contribution is 5.95. The molecule has 2 rings (SSSR count). The van der Waals surface area contributed by atoms with Crippen LogP contribution in [0.15, 0.2) is 29.4 Å². The van der Waals surface area contributed by atoms with Gasteiger partial charge in [-0.25, -0.2) is 0 Å². The summed E-state index contributed by atoms with van der Waals surface area (Å²) in [7, 11) is 1.37. The number of amides is 1. The molecule has 1 aromatic rings. The highest BCUT2D eigenvalue weighted by Crippen LogP contribution is 2.25. The number of methoxy groups -OCH3 is 1. The monoisotopic (exact) mass is 302 g/mol. The Bertz CT molecular complexity index is 593. The number of hydrogen-bond acceptors (Lipinski definition) is 4. The highest BCUT2D eigenvalue weighted by Gasteiger charge is 2.29. The van der Waals surface area contributed by atoms with Crippen LogP contribution in [0.1, 0.15) is 18.4 Å². The quantitative estimate of drug-likeness (QED) is 0.349. The van der Waals surface area contributed by atoms with E-state index in [1.165, 1.54) is 7.11 Å². The van der Waals surface area contributed by atoms with Gasteiger partial charge in [-0.05, 0) is 35.6 Å². The van der Waals surface area contributed by atoms with E-state index in [0.29, 0.717) is 32.4 Å². The number of nitrogens with zero attached hydrogens (tertiary/aromatic N) is 4. The fourth-order valence-electron chi connectivity index (χ4n) is 2.50. The number of rotatable bonds is 6. The van der Waals surface area contributed by atoms with Gasteiger partial charge < -0.3 is 9.64 Å². The first kappa shape index (κ1) is 15.9. The Labute approximate surface area is 128 Å². The Kier molecular flexibility index (Phi) is 5.38. The van der Waals surface area contributed by atoms with Crippen LogP contribution >= 0.6 is 0 Å². The molecule has 1 saturated heterocycles. The number of carbonyl (C=O) groups excluding carboxylic acids is 2. The fourth-order valence-corrected chi connectivity index (χ4v) is 2.50. The van der Waals surface area contributed by atoms with Crippen LogP contribution < -0.4 is 4.90 Å². The third-order valence-corrected chi connectivity index (χ3v) is 3.70. The lowest BCUT2D eigenvalue weighted by Gasteiger charge is -2.17. The topological polar surface area (TPSA) is 95.4 Å². The molecule has 1 aromatic carbocycles. The molecule has 7 heteroatoms. The molecular weight excluding hydrogens is 284 g/mol. The Morgan fingerprint density at radius 1 is 1.45 bits per heavy atom. The molecule has 1 unspecified atom stereocenters. The highest BCUT2D eigenvalue weighted by atomic mass is 16.5. The Morgan fingerprint density at radius 2 is 2.18 bits per heavy atom. The molecule has 1 heterocycles. The zero-order valence-corrected chi connectivity index (χ0v) is 12.4. The van der Waals surface area contributed by atoms with E-state index in [9.17, 15) is 9.59 Å². The maximum atomic E-state index is 12.0. The minimum Gasteiger partial charge on any atom is -0.469 e. The van der Waals surface area contributed by atoms with E-state index in [1.54, 1.807) is 4.90 Å². The van der Waals surface area contributed by atoms with E-state index in [0.717, 1.165) is 11.3 Å². The average molecular weight is 302 g/mol. The molecule has 1 fully saturated rings. The molecule has 1 aliphatic heterocycles. The summed E-state index contributed by atoms with van der Waals surface area (Å²) >= 11 is 0. The van der Waals surface area contributed by atoms with Crippen molar-refractivity contribution in [2.45, 2.75) is 19.3 Å². The van der Waals surface area contributed by atoms with Crippen LogP contribution in [-0.2, 0) is 20.7 Å². The van der Waals surface area contributed by atoms with Crippen molar-refractivity contribution in [3.63, 3.8) is 0 Å². The Balaban J connectivity index is 1.96. The van der Waals surface area contributed by atoms with E-state index < -0.39 is 0 Å². The van der Waals surface area contributed by atoms with E-state index in [1.807, 2.05) is 24.3 Å². The average Bonchev–Trinajstić information content (AvgIpc) is 2.92. The Morgan fingerprint density at radius 3 is 2.82 bits per heavy atom. The summed E-state index contributed by atoms with van der Waals surface area (Å²) in [6.07, 6.45) is 1.36. The largest absolute Gasteiger partial charge is 0.469 e. The molecule has 0 N–H and O–H groups in total. The fraction of sp³-hybridized carbons (Fsp3) is 0.467. The van der Waals surface area contributed by atoms with Gasteiger partial charge in [0.1, 0.15) is 0 Å². The molecule has 1 atom stereocenters. The number of hydrogen-bond donors (Lipinski definition) is 0. The third kappa shape index (κ3) is 3.99. The van der Waals surface area contributed by atoms with Crippen LogP contribution in [0.25, 0.3) is 10.4 Å². The number of esters is 1. The second-order valence-corrected chi connectivity index (χ2v) is 5.23. The first-order valence-corrected chi connectivity index (χ1v) is 7.11. The van der Waals surface area contributed by atoms with Gasteiger partial charge in [-0.15, -0.1) is 0 Å². The summed E-state index contributed by atoms with van der Waals surface area (Å²) in [5, 5.41) is 3.54. The summed E-state index contributed by atoms with van der Waals surface area (Å²) < 4.78 is 4.61. The van der Waals surface area contributed by atoms with Crippen LogP contribution in [0.3, 0.4) is 0 Å². The van der Waals surface area contributed by atoms with Crippen LogP contribution in [0.2, 0.25) is 0 Å². The zero-order valence-electron chi connectivity index (χ0n) is 12.4. The van der Waals surface area contributed by atoms with Gasteiger partial charge in [-0.2, -0.15) is 0 Å². The van der Waals surface area contributed by atoms with Crippen LogP contribution in [-0.4, -0.2) is 32.1 Å². The minimum absolute atomic E-state index is 0.0421. The van der Waals surface area contributed by atoms with Crippen molar-refractivity contribution in [3.05, 3.63) is 40.3 Å². The lowest BCUT2D eigenvalue weighted by atomic mass is 10.1. The minimum atomic E-state index is -0.236. The second-order valence-electron chi connectivity index (χ2n) is 5.23. The van der Waals surface area contributed by atoms with Crippen molar-refractivity contribution >= 4 is 17.6 Å². The zero-order chi connectivity index (χ0) is 15.9. The molecule has 0 aliphatic carbocycles. The molecule has 0 aromatic heterocycles. The predicted molar refractivity (Wildman–Crippen MR) is 81.3 cm³/mol. The third-order valence-electron chi connectivity index (χ3n) is 3.70. The van der Waals surface area contributed by atoms with Gasteiger partial charge in [-0.3, -0.25) is 9.59 Å². The molecule has 0 saturated carbocycles. The van der Waals surface area contributed by atoms with Crippen molar-refractivity contribution in [1.82, 2.24) is 0 Å². The molecule has 7 nitrogen and oxygen atoms in total. The predicted octanol–water partition coefficient (Wildman–Crippen LogP) is 2.46. The van der Waals surface area contributed by atoms with Crippen LogP contribution in [0, 0.1) is 5.92 Å². The van der Waals surface area contributed by atoms with E-state index in [2.05, 4.69) is 14.8 Å². The molecule has 1 amide bonds. The standard InChI is InChI=1S/C15H18N4O3/c1-22-15(21)7-4-11-2-5-13(6-3-11)19-10-12(8-14(19)20)9-17-18-16/h2-3,5-6,12H,4,7-10H2,1H3. The van der Waals surface area contributed by atoms with Gasteiger partial charge >= 0.3 is 5.97 Å². The molecule has 22 heavy (non-hydrogen) atoms. The van der Waals surface area contributed by atoms with E-state index >= 15 is 0 Å². The summed E-state index contributed by atoms with van der Waals surface area (Å²) in [5.41, 5.74) is 10.2. The number of azide groups is 1.